The van der Waals surface area contributed by atoms with Gasteiger partial charge >= 0.3 is 0 Å². The second-order valence-electron chi connectivity index (χ2n) is 4.86. The number of carbonyl (C=O) groups excluding carboxylic acids is 1. The van der Waals surface area contributed by atoms with Gasteiger partial charge in [-0.1, -0.05) is 23.2 Å². The van der Waals surface area contributed by atoms with Crippen LogP contribution in [-0.2, 0) is 11.2 Å². The van der Waals surface area contributed by atoms with E-state index in [4.69, 9.17) is 27.9 Å². The number of nitrogens with one attached hydrogen (secondary N) is 1. The van der Waals surface area contributed by atoms with Gasteiger partial charge in [-0.15, -0.1) is 0 Å². The summed E-state index contributed by atoms with van der Waals surface area (Å²) in [7, 11) is 0. The Morgan fingerprint density at radius 1 is 1.41 bits per heavy atom. The Balaban J connectivity index is 1.70. The molecule has 1 aromatic heterocycles. The summed E-state index contributed by atoms with van der Waals surface area (Å²) in [5.41, 5.74) is 1.20. The van der Waals surface area contributed by atoms with Crippen molar-refractivity contribution in [2.24, 2.45) is 0 Å². The normalized spacial score (nSPS) is 16.0. The Morgan fingerprint density at radius 2 is 2.23 bits per heavy atom. The molecule has 2 heterocycles. The summed E-state index contributed by atoms with van der Waals surface area (Å²) in [5, 5.41) is 3.01. The number of fused-ring (bicyclic) bond motifs is 1. The van der Waals surface area contributed by atoms with Crippen LogP contribution in [0.25, 0.3) is 0 Å². The molecule has 1 N–H and O–H groups in total. The van der Waals surface area contributed by atoms with Crippen molar-refractivity contribution in [3.05, 3.63) is 57.5 Å². The number of nitrogens with zero attached hydrogens (tertiary/aromatic N) is 1. The van der Waals surface area contributed by atoms with E-state index in [0.29, 0.717) is 18.1 Å². The van der Waals surface area contributed by atoms with E-state index < -0.39 is 5.82 Å². The Kier molecular flexibility index (Phi) is 4.18. The Hall–Kier alpha value is -1.85. The topological polar surface area (TPSA) is 51.2 Å². The van der Waals surface area contributed by atoms with Crippen LogP contribution < -0.4 is 10.1 Å². The van der Waals surface area contributed by atoms with Crippen molar-refractivity contribution in [1.82, 2.24) is 10.3 Å². The molecule has 0 aliphatic carbocycles. The highest BCUT2D eigenvalue weighted by molar-refractivity contribution is 6.35. The number of hydrogen-bond donors (Lipinski definition) is 1. The molecule has 4 nitrogen and oxygen atoms in total. The van der Waals surface area contributed by atoms with Crippen molar-refractivity contribution in [2.75, 3.05) is 6.61 Å². The number of ether oxygens (including phenoxy) is 1. The molecule has 1 atom stereocenters. The van der Waals surface area contributed by atoms with E-state index in [2.05, 4.69) is 10.3 Å². The average molecular weight is 341 g/mol. The maximum absolute atomic E-state index is 13.5. The fraction of sp³-hybridized carbons (Fsp3) is 0.200. The van der Waals surface area contributed by atoms with Crippen molar-refractivity contribution in [2.45, 2.75) is 12.5 Å². The van der Waals surface area contributed by atoms with Crippen LogP contribution >= 0.6 is 23.2 Å². The van der Waals surface area contributed by atoms with Gasteiger partial charge in [0, 0.05) is 16.8 Å². The number of benzene rings is 1. The first-order valence-corrected chi connectivity index (χ1v) is 7.30. The highest BCUT2D eigenvalue weighted by Gasteiger charge is 2.26. The standard InChI is InChI=1S/C15H11Cl2FN2O2/c16-10-6-11(17)12(18)4-8(10)5-14(21)20-13-7-22-15-9(13)2-1-3-19-15/h1-4,6,13H,5,7H2,(H,20,21). The zero-order valence-corrected chi connectivity index (χ0v) is 12.8. The minimum absolute atomic E-state index is 0.0426. The summed E-state index contributed by atoms with van der Waals surface area (Å²) >= 11 is 11.6. The first-order chi connectivity index (χ1) is 10.5. The maximum Gasteiger partial charge on any atom is 0.225 e. The lowest BCUT2D eigenvalue weighted by molar-refractivity contribution is -0.121. The third-order valence-electron chi connectivity index (χ3n) is 3.34. The summed E-state index contributed by atoms with van der Waals surface area (Å²) in [6.07, 6.45) is 1.58. The monoisotopic (exact) mass is 340 g/mol. The third kappa shape index (κ3) is 3.00. The number of hydrogen-bond acceptors (Lipinski definition) is 3. The number of pyridine rings is 1. The first kappa shape index (κ1) is 15.1. The number of carbonyl (C=O) groups is 1. The van der Waals surface area contributed by atoms with Crippen LogP contribution in [0.2, 0.25) is 10.0 Å². The van der Waals surface area contributed by atoms with Gasteiger partial charge in [-0.25, -0.2) is 9.37 Å². The average Bonchev–Trinajstić information content (AvgIpc) is 2.88. The molecule has 1 unspecified atom stereocenters. The van der Waals surface area contributed by atoms with Crippen LogP contribution in [0.15, 0.2) is 30.5 Å². The van der Waals surface area contributed by atoms with Gasteiger partial charge < -0.3 is 10.1 Å². The molecule has 0 bridgehead atoms. The maximum atomic E-state index is 13.5. The molecule has 22 heavy (non-hydrogen) atoms. The van der Waals surface area contributed by atoms with E-state index in [9.17, 15) is 9.18 Å². The summed E-state index contributed by atoms with van der Waals surface area (Å²) in [6.45, 7) is 0.320. The zero-order valence-electron chi connectivity index (χ0n) is 11.3. The summed E-state index contributed by atoms with van der Waals surface area (Å²) in [4.78, 5) is 16.2. The highest BCUT2D eigenvalue weighted by Crippen LogP contribution is 2.30. The van der Waals surface area contributed by atoms with E-state index in [-0.39, 0.29) is 28.4 Å². The third-order valence-corrected chi connectivity index (χ3v) is 3.98. The van der Waals surface area contributed by atoms with E-state index >= 15 is 0 Å². The number of aromatic nitrogens is 1. The lowest BCUT2D eigenvalue weighted by Gasteiger charge is -2.12. The smallest absolute Gasteiger partial charge is 0.225 e. The molecule has 0 spiro atoms. The van der Waals surface area contributed by atoms with Crippen LogP contribution in [0.4, 0.5) is 4.39 Å². The first-order valence-electron chi connectivity index (χ1n) is 6.55. The van der Waals surface area contributed by atoms with Crippen molar-refractivity contribution in [3.8, 4) is 5.88 Å². The lowest BCUT2D eigenvalue weighted by atomic mass is 10.1. The van der Waals surface area contributed by atoms with E-state index in [1.807, 2.05) is 6.07 Å². The summed E-state index contributed by atoms with van der Waals surface area (Å²) < 4.78 is 18.9. The minimum atomic E-state index is -0.604. The van der Waals surface area contributed by atoms with Crippen LogP contribution in [0, 0.1) is 5.82 Å². The zero-order chi connectivity index (χ0) is 15.7. The van der Waals surface area contributed by atoms with Crippen LogP contribution in [0.1, 0.15) is 17.2 Å². The molecule has 1 aromatic carbocycles. The molecule has 114 valence electrons. The van der Waals surface area contributed by atoms with Crippen molar-refractivity contribution >= 4 is 29.1 Å². The molecular weight excluding hydrogens is 330 g/mol. The van der Waals surface area contributed by atoms with E-state index in [0.717, 1.165) is 5.56 Å². The Morgan fingerprint density at radius 3 is 3.05 bits per heavy atom. The SMILES string of the molecule is O=C(Cc1cc(F)c(Cl)cc1Cl)NC1COc2ncccc21. The molecule has 1 aliphatic heterocycles. The highest BCUT2D eigenvalue weighted by atomic mass is 35.5. The fourth-order valence-corrected chi connectivity index (χ4v) is 2.73. The van der Waals surface area contributed by atoms with Gasteiger partial charge in [0.05, 0.1) is 17.5 Å². The van der Waals surface area contributed by atoms with Gasteiger partial charge in [0.25, 0.3) is 0 Å². The summed E-state index contributed by atoms with van der Waals surface area (Å²) in [5.74, 6) is -0.370. The fourth-order valence-electron chi connectivity index (χ4n) is 2.28. The molecule has 1 amide bonds. The number of amides is 1. The minimum Gasteiger partial charge on any atom is -0.475 e. The predicted molar refractivity (Wildman–Crippen MR) is 80.7 cm³/mol. The molecule has 1 aliphatic rings. The molecule has 0 fully saturated rings. The van der Waals surface area contributed by atoms with Crippen LogP contribution in [0.3, 0.4) is 0 Å². The molecule has 0 saturated heterocycles. The number of rotatable bonds is 3. The summed E-state index contributed by atoms with van der Waals surface area (Å²) in [6, 6.07) is 5.81. The number of halogens is 3. The van der Waals surface area contributed by atoms with Crippen molar-refractivity contribution < 1.29 is 13.9 Å². The second kappa shape index (κ2) is 6.10. The second-order valence-corrected chi connectivity index (χ2v) is 5.68. The predicted octanol–water partition coefficient (Wildman–Crippen LogP) is 3.32. The van der Waals surface area contributed by atoms with Crippen LogP contribution in [0.5, 0.6) is 5.88 Å². The largest absolute Gasteiger partial charge is 0.475 e. The molecule has 0 radical (unpaired) electrons. The van der Waals surface area contributed by atoms with Crippen molar-refractivity contribution in [3.63, 3.8) is 0 Å². The van der Waals surface area contributed by atoms with Gasteiger partial charge in [-0.05, 0) is 29.8 Å². The van der Waals surface area contributed by atoms with Gasteiger partial charge in [0.2, 0.25) is 11.8 Å². The molecule has 3 rings (SSSR count). The van der Waals surface area contributed by atoms with E-state index in [1.54, 1.807) is 12.3 Å². The van der Waals surface area contributed by atoms with Crippen LogP contribution in [-0.4, -0.2) is 17.5 Å². The molecule has 7 heteroatoms. The molecule has 2 aromatic rings. The lowest BCUT2D eigenvalue weighted by Crippen LogP contribution is -2.30. The molecular formula is C15H11Cl2FN2O2. The Bertz CT molecular complexity index is 739. The quantitative estimate of drug-likeness (QED) is 0.872. The van der Waals surface area contributed by atoms with Gasteiger partial charge in [-0.2, -0.15) is 0 Å². The van der Waals surface area contributed by atoms with Gasteiger partial charge in [-0.3, -0.25) is 4.79 Å². The van der Waals surface area contributed by atoms with E-state index in [1.165, 1.54) is 12.1 Å². The molecule has 0 saturated carbocycles. The van der Waals surface area contributed by atoms with Gasteiger partial charge in [0.15, 0.2) is 0 Å². The van der Waals surface area contributed by atoms with Crippen molar-refractivity contribution in [1.29, 1.82) is 0 Å². The van der Waals surface area contributed by atoms with Gasteiger partial charge in [0.1, 0.15) is 12.4 Å². The Labute approximate surface area is 136 Å².